The zero-order valence-electron chi connectivity index (χ0n) is 8.34. The molecular weight excluding hydrogens is 196 g/mol. The van der Waals surface area contributed by atoms with Crippen molar-refractivity contribution in [2.75, 3.05) is 14.1 Å². The molecule has 0 spiro atoms. The van der Waals surface area contributed by atoms with Gasteiger partial charge < -0.3 is 9.88 Å². The van der Waals surface area contributed by atoms with Crippen LogP contribution in [0.5, 0.6) is 0 Å². The summed E-state index contributed by atoms with van der Waals surface area (Å²) in [5.41, 5.74) is 2.30. The van der Waals surface area contributed by atoms with Gasteiger partial charge in [0.2, 0.25) is 0 Å². The van der Waals surface area contributed by atoms with Crippen molar-refractivity contribution in [3.8, 4) is 0 Å². The standard InChI is InChI=1S/C11H13ClN2/c1-14(2)7-8-6-9-10(12)4-3-5-11(9)13-8/h3-6,13H,7H2,1-2H3. The Morgan fingerprint density at radius 2 is 2.14 bits per heavy atom. The highest BCUT2D eigenvalue weighted by Gasteiger charge is 2.03. The van der Waals surface area contributed by atoms with Crippen LogP contribution in [0.2, 0.25) is 5.02 Å². The maximum atomic E-state index is 6.07. The number of rotatable bonds is 2. The lowest BCUT2D eigenvalue weighted by molar-refractivity contribution is 0.398. The van der Waals surface area contributed by atoms with E-state index in [4.69, 9.17) is 11.6 Å². The van der Waals surface area contributed by atoms with Gasteiger partial charge in [-0.05, 0) is 32.3 Å². The van der Waals surface area contributed by atoms with Gasteiger partial charge in [-0.25, -0.2) is 0 Å². The molecule has 0 aliphatic carbocycles. The predicted molar refractivity (Wildman–Crippen MR) is 60.7 cm³/mol. The minimum atomic E-state index is 0.809. The second kappa shape index (κ2) is 3.64. The largest absolute Gasteiger partial charge is 0.357 e. The molecule has 2 nitrogen and oxygen atoms in total. The number of benzene rings is 1. The molecule has 0 aliphatic heterocycles. The van der Waals surface area contributed by atoms with Crippen LogP contribution in [0.4, 0.5) is 0 Å². The first-order valence-electron chi connectivity index (χ1n) is 4.57. The Morgan fingerprint density at radius 1 is 1.36 bits per heavy atom. The number of nitrogens with one attached hydrogen (secondary N) is 1. The van der Waals surface area contributed by atoms with Crippen molar-refractivity contribution in [1.29, 1.82) is 0 Å². The van der Waals surface area contributed by atoms with Gasteiger partial charge in [-0.15, -0.1) is 0 Å². The van der Waals surface area contributed by atoms with Gasteiger partial charge in [0.05, 0.1) is 0 Å². The van der Waals surface area contributed by atoms with Crippen LogP contribution in [-0.2, 0) is 6.54 Å². The first-order valence-corrected chi connectivity index (χ1v) is 4.95. The van der Waals surface area contributed by atoms with Crippen LogP contribution in [0.3, 0.4) is 0 Å². The maximum absolute atomic E-state index is 6.07. The first kappa shape index (κ1) is 9.56. The molecule has 0 aliphatic rings. The molecule has 0 saturated carbocycles. The number of nitrogens with zero attached hydrogens (tertiary/aromatic N) is 1. The summed E-state index contributed by atoms with van der Waals surface area (Å²) in [5.74, 6) is 0. The molecule has 0 amide bonds. The van der Waals surface area contributed by atoms with Crippen molar-refractivity contribution in [2.45, 2.75) is 6.54 Å². The van der Waals surface area contributed by atoms with Crippen LogP contribution >= 0.6 is 11.6 Å². The first-order chi connectivity index (χ1) is 6.66. The molecule has 1 aromatic carbocycles. The lowest BCUT2D eigenvalue weighted by atomic mass is 10.2. The fourth-order valence-electron chi connectivity index (χ4n) is 1.60. The molecule has 0 unspecified atom stereocenters. The van der Waals surface area contributed by atoms with E-state index < -0.39 is 0 Å². The fourth-order valence-corrected chi connectivity index (χ4v) is 1.83. The van der Waals surface area contributed by atoms with Crippen LogP contribution in [0, 0.1) is 0 Å². The van der Waals surface area contributed by atoms with Crippen molar-refractivity contribution >= 4 is 22.5 Å². The SMILES string of the molecule is CN(C)Cc1cc2c(Cl)cccc2[nH]1. The highest BCUT2D eigenvalue weighted by Crippen LogP contribution is 2.24. The molecule has 3 heteroatoms. The number of halogens is 1. The smallest absolute Gasteiger partial charge is 0.0499 e. The molecule has 0 atom stereocenters. The molecule has 0 fully saturated rings. The normalized spacial score (nSPS) is 11.4. The summed E-state index contributed by atoms with van der Waals surface area (Å²) in [5, 5.41) is 1.91. The second-order valence-electron chi connectivity index (χ2n) is 3.73. The Kier molecular flexibility index (Phi) is 2.48. The average Bonchev–Trinajstić information content (AvgIpc) is 2.47. The van der Waals surface area contributed by atoms with Crippen molar-refractivity contribution < 1.29 is 0 Å². The summed E-state index contributed by atoms with van der Waals surface area (Å²) in [7, 11) is 4.10. The molecule has 0 saturated heterocycles. The zero-order chi connectivity index (χ0) is 10.1. The van der Waals surface area contributed by atoms with E-state index in [-0.39, 0.29) is 0 Å². The zero-order valence-corrected chi connectivity index (χ0v) is 9.10. The van der Waals surface area contributed by atoms with E-state index in [1.54, 1.807) is 0 Å². The van der Waals surface area contributed by atoms with Crippen molar-refractivity contribution in [3.05, 3.63) is 35.0 Å². The quantitative estimate of drug-likeness (QED) is 0.804. The van der Waals surface area contributed by atoms with Crippen LogP contribution in [0.25, 0.3) is 10.9 Å². The molecule has 0 radical (unpaired) electrons. The molecule has 14 heavy (non-hydrogen) atoms. The number of aromatic amines is 1. The van der Waals surface area contributed by atoms with E-state index in [0.29, 0.717) is 0 Å². The van der Waals surface area contributed by atoms with Crippen LogP contribution in [-0.4, -0.2) is 24.0 Å². The van der Waals surface area contributed by atoms with Crippen LogP contribution < -0.4 is 0 Å². The molecule has 1 heterocycles. The highest BCUT2D eigenvalue weighted by molar-refractivity contribution is 6.35. The van der Waals surface area contributed by atoms with Gasteiger partial charge in [-0.3, -0.25) is 0 Å². The fraction of sp³-hybridized carbons (Fsp3) is 0.273. The summed E-state index contributed by atoms with van der Waals surface area (Å²) >= 11 is 6.07. The summed E-state index contributed by atoms with van der Waals surface area (Å²) in [4.78, 5) is 5.47. The Morgan fingerprint density at radius 3 is 2.79 bits per heavy atom. The highest BCUT2D eigenvalue weighted by atomic mass is 35.5. The minimum absolute atomic E-state index is 0.809. The number of aromatic nitrogens is 1. The van der Waals surface area contributed by atoms with Gasteiger partial charge in [0.1, 0.15) is 0 Å². The molecule has 74 valence electrons. The Labute approximate surface area is 88.5 Å². The third-order valence-electron chi connectivity index (χ3n) is 2.15. The Bertz CT molecular complexity index is 445. The third kappa shape index (κ3) is 1.76. The van der Waals surface area contributed by atoms with Gasteiger partial charge in [-0.1, -0.05) is 17.7 Å². The number of hydrogen-bond donors (Lipinski definition) is 1. The van der Waals surface area contributed by atoms with E-state index in [1.807, 2.05) is 32.3 Å². The van der Waals surface area contributed by atoms with E-state index in [2.05, 4.69) is 16.0 Å². The Hall–Kier alpha value is -0.990. The van der Waals surface area contributed by atoms with Gasteiger partial charge in [0.15, 0.2) is 0 Å². The van der Waals surface area contributed by atoms with Crippen molar-refractivity contribution in [3.63, 3.8) is 0 Å². The summed E-state index contributed by atoms with van der Waals surface area (Å²) in [6.07, 6.45) is 0. The van der Waals surface area contributed by atoms with Crippen LogP contribution in [0.1, 0.15) is 5.69 Å². The lowest BCUT2D eigenvalue weighted by Gasteiger charge is -2.06. The molecule has 0 bridgehead atoms. The van der Waals surface area contributed by atoms with Crippen molar-refractivity contribution in [1.82, 2.24) is 9.88 Å². The molecular formula is C11H13ClN2. The van der Waals surface area contributed by atoms with Gasteiger partial charge in [0, 0.05) is 28.2 Å². The number of hydrogen-bond acceptors (Lipinski definition) is 1. The maximum Gasteiger partial charge on any atom is 0.0499 e. The topological polar surface area (TPSA) is 19.0 Å². The Balaban J connectivity index is 2.46. The summed E-state index contributed by atoms with van der Waals surface area (Å²) < 4.78 is 0. The molecule has 2 aromatic rings. The van der Waals surface area contributed by atoms with E-state index in [1.165, 1.54) is 5.69 Å². The monoisotopic (exact) mass is 208 g/mol. The predicted octanol–water partition coefficient (Wildman–Crippen LogP) is 2.88. The van der Waals surface area contributed by atoms with Gasteiger partial charge in [-0.2, -0.15) is 0 Å². The van der Waals surface area contributed by atoms with E-state index in [0.717, 1.165) is 22.5 Å². The second-order valence-corrected chi connectivity index (χ2v) is 4.14. The average molecular weight is 209 g/mol. The van der Waals surface area contributed by atoms with E-state index >= 15 is 0 Å². The lowest BCUT2D eigenvalue weighted by Crippen LogP contribution is -2.10. The number of H-pyrrole nitrogens is 1. The van der Waals surface area contributed by atoms with Crippen LogP contribution in [0.15, 0.2) is 24.3 Å². The van der Waals surface area contributed by atoms with Gasteiger partial charge >= 0.3 is 0 Å². The number of fused-ring (bicyclic) bond motifs is 1. The third-order valence-corrected chi connectivity index (χ3v) is 2.48. The summed E-state index contributed by atoms with van der Waals surface area (Å²) in [6, 6.07) is 8.02. The van der Waals surface area contributed by atoms with Crippen molar-refractivity contribution in [2.24, 2.45) is 0 Å². The molecule has 2 rings (SSSR count). The minimum Gasteiger partial charge on any atom is -0.357 e. The van der Waals surface area contributed by atoms with E-state index in [9.17, 15) is 0 Å². The molecule has 1 N–H and O–H groups in total. The van der Waals surface area contributed by atoms with Gasteiger partial charge in [0.25, 0.3) is 0 Å². The summed E-state index contributed by atoms with van der Waals surface area (Å²) in [6.45, 7) is 0.908. The molecule has 1 aromatic heterocycles.